The molecule has 0 aliphatic heterocycles. The van der Waals surface area contributed by atoms with E-state index in [0.29, 0.717) is 10.1 Å². The molecule has 0 aliphatic carbocycles. The third-order valence-corrected chi connectivity index (χ3v) is 4.84. The molecule has 33 heavy (non-hydrogen) atoms. The van der Waals surface area contributed by atoms with Gasteiger partial charge >= 0.3 is 12.9 Å². The van der Waals surface area contributed by atoms with Crippen LogP contribution in [0.4, 0.5) is 22.0 Å². The zero-order valence-corrected chi connectivity index (χ0v) is 16.8. The van der Waals surface area contributed by atoms with Gasteiger partial charge in [0.1, 0.15) is 18.2 Å². The molecule has 7 nitrogen and oxygen atoms in total. The molecule has 0 spiro atoms. The Kier molecular flexibility index (Phi) is 6.70. The number of benzene rings is 2. The van der Waals surface area contributed by atoms with Crippen molar-refractivity contribution < 1.29 is 41.7 Å². The number of hydrogen-bond acceptors (Lipinski definition) is 5. The quantitative estimate of drug-likeness (QED) is 0.344. The van der Waals surface area contributed by atoms with Gasteiger partial charge in [-0.25, -0.2) is 4.98 Å². The molecule has 1 amide bonds. The van der Waals surface area contributed by atoms with E-state index in [2.05, 4.69) is 16.3 Å². The Labute approximate surface area is 183 Å². The van der Waals surface area contributed by atoms with Crippen molar-refractivity contribution in [2.45, 2.75) is 25.4 Å². The summed E-state index contributed by atoms with van der Waals surface area (Å²) in [4.78, 5) is 15.5. The van der Waals surface area contributed by atoms with Crippen LogP contribution in [0.25, 0.3) is 22.2 Å². The first-order valence-electron chi connectivity index (χ1n) is 9.36. The van der Waals surface area contributed by atoms with Crippen LogP contribution in [0.1, 0.15) is 23.8 Å². The number of hydrogen-bond donors (Lipinski definition) is 3. The van der Waals surface area contributed by atoms with Gasteiger partial charge in [0.05, 0.1) is 17.6 Å². The van der Waals surface area contributed by atoms with Crippen molar-refractivity contribution in [3.8, 4) is 16.9 Å². The number of halogens is 5. The number of aromatic nitrogens is 2. The molecule has 4 N–H and O–H groups in total. The van der Waals surface area contributed by atoms with Gasteiger partial charge in [-0.2, -0.15) is 8.78 Å². The Balaban J connectivity index is 2.27. The first kappa shape index (κ1) is 24.1. The van der Waals surface area contributed by atoms with Crippen molar-refractivity contribution >= 4 is 16.9 Å². The minimum atomic E-state index is -4.89. The summed E-state index contributed by atoms with van der Waals surface area (Å²) < 4.78 is 69.1. The van der Waals surface area contributed by atoms with E-state index in [9.17, 15) is 37.0 Å². The second-order valence-corrected chi connectivity index (χ2v) is 7.04. The molecular formula is C21H18F5N3O4. The smallest absolute Gasteiger partial charge is 0.406 e. The van der Waals surface area contributed by atoms with Crippen LogP contribution >= 0.6 is 0 Å². The molecule has 0 fully saturated rings. The van der Waals surface area contributed by atoms with E-state index in [1.54, 1.807) is 0 Å². The average Bonchev–Trinajstić information content (AvgIpc) is 3.17. The van der Waals surface area contributed by atoms with Crippen molar-refractivity contribution in [1.82, 2.24) is 9.55 Å². The van der Waals surface area contributed by atoms with E-state index in [4.69, 9.17) is 5.73 Å². The van der Waals surface area contributed by atoms with Gasteiger partial charge in [-0.1, -0.05) is 18.7 Å². The zero-order valence-electron chi connectivity index (χ0n) is 16.8. The highest BCUT2D eigenvalue weighted by atomic mass is 19.4. The molecule has 1 atom stereocenters. The molecule has 0 bridgehead atoms. The summed E-state index contributed by atoms with van der Waals surface area (Å²) in [6, 6.07) is 6.04. The Bertz CT molecular complexity index is 1190. The molecule has 0 saturated heterocycles. The zero-order chi connectivity index (χ0) is 24.5. The lowest BCUT2D eigenvalue weighted by Crippen LogP contribution is -2.17. The number of imidazole rings is 1. The topological polar surface area (TPSA) is 111 Å². The number of fused-ring (bicyclic) bond motifs is 1. The Morgan fingerprint density at radius 3 is 2.39 bits per heavy atom. The van der Waals surface area contributed by atoms with Gasteiger partial charge < -0.3 is 20.7 Å². The van der Waals surface area contributed by atoms with Crippen LogP contribution in [0.3, 0.4) is 0 Å². The second-order valence-electron chi connectivity index (χ2n) is 7.04. The predicted octanol–water partition coefficient (Wildman–Crippen LogP) is 3.61. The third-order valence-electron chi connectivity index (χ3n) is 4.84. The monoisotopic (exact) mass is 471 g/mol. The van der Waals surface area contributed by atoms with Crippen molar-refractivity contribution in [2.24, 2.45) is 5.73 Å². The molecule has 12 heteroatoms. The van der Waals surface area contributed by atoms with Gasteiger partial charge in [-0.15, -0.1) is 13.2 Å². The van der Waals surface area contributed by atoms with Crippen molar-refractivity contribution in [3.05, 3.63) is 59.9 Å². The SMILES string of the molecule is C=C(Cc1cc(-c2ccc(OC(F)(F)F)cc2)c2ncn(C(F)F)c2c1C(O)CO)C(N)=O. The van der Waals surface area contributed by atoms with Crippen LogP contribution in [0, 0.1) is 0 Å². The van der Waals surface area contributed by atoms with Crippen molar-refractivity contribution in [3.63, 3.8) is 0 Å². The summed E-state index contributed by atoms with van der Waals surface area (Å²) in [5.74, 6) is -1.35. The van der Waals surface area contributed by atoms with E-state index in [0.717, 1.165) is 18.5 Å². The highest BCUT2D eigenvalue weighted by molar-refractivity contribution is 5.97. The predicted molar refractivity (Wildman–Crippen MR) is 107 cm³/mol. The van der Waals surface area contributed by atoms with Crippen molar-refractivity contribution in [2.75, 3.05) is 6.61 Å². The summed E-state index contributed by atoms with van der Waals surface area (Å²) >= 11 is 0. The fourth-order valence-electron chi connectivity index (χ4n) is 3.43. The van der Waals surface area contributed by atoms with Crippen LogP contribution < -0.4 is 10.5 Å². The number of nitrogens with zero attached hydrogens (tertiary/aromatic N) is 2. The fourth-order valence-corrected chi connectivity index (χ4v) is 3.43. The number of rotatable bonds is 8. The molecule has 176 valence electrons. The standard InChI is InChI=1S/C21H18F5N3O4/c1-10(19(27)32)6-12-7-14(11-2-4-13(5-3-11)33-21(24,25)26)17-18(16(12)15(31)8-30)29(9-28-17)20(22)23/h2-5,7,9,15,20,30-31H,1,6,8H2,(H2,27,32). The first-order chi connectivity index (χ1) is 15.4. The molecule has 1 aromatic heterocycles. The molecule has 3 aromatic rings. The summed E-state index contributed by atoms with van der Waals surface area (Å²) in [6.45, 7) is -0.345. The number of primary amides is 1. The largest absolute Gasteiger partial charge is 0.573 e. The third kappa shape index (κ3) is 5.12. The molecule has 0 aliphatic rings. The van der Waals surface area contributed by atoms with Crippen LogP contribution in [-0.2, 0) is 11.2 Å². The summed E-state index contributed by atoms with van der Waals surface area (Å²) in [7, 11) is 0. The van der Waals surface area contributed by atoms with Crippen LogP contribution in [0.15, 0.2) is 48.8 Å². The molecule has 1 heterocycles. The lowest BCUT2D eigenvalue weighted by Gasteiger charge is -2.19. The fraction of sp³-hybridized carbons (Fsp3) is 0.238. The number of carbonyl (C=O) groups is 1. The molecule has 1 unspecified atom stereocenters. The highest BCUT2D eigenvalue weighted by Crippen LogP contribution is 2.38. The number of ether oxygens (including phenoxy) is 1. The molecule has 2 aromatic carbocycles. The van der Waals surface area contributed by atoms with Crippen LogP contribution in [0.2, 0.25) is 0 Å². The minimum Gasteiger partial charge on any atom is -0.406 e. The average molecular weight is 471 g/mol. The van der Waals surface area contributed by atoms with Gasteiger partial charge in [-0.3, -0.25) is 9.36 Å². The number of nitrogens with two attached hydrogens (primary N) is 1. The van der Waals surface area contributed by atoms with E-state index < -0.39 is 37.3 Å². The maximum atomic E-state index is 13.7. The number of carbonyl (C=O) groups excluding carboxylic acids is 1. The van der Waals surface area contributed by atoms with Crippen LogP contribution in [-0.4, -0.2) is 38.6 Å². The number of aliphatic hydroxyl groups excluding tert-OH is 2. The summed E-state index contributed by atoms with van der Waals surface area (Å²) in [5.41, 5.74) is 5.49. The Hall–Kier alpha value is -3.51. The molecule has 0 radical (unpaired) electrons. The Morgan fingerprint density at radius 1 is 1.24 bits per heavy atom. The van der Waals surface area contributed by atoms with Crippen molar-refractivity contribution in [1.29, 1.82) is 0 Å². The normalized spacial score (nSPS) is 12.8. The van der Waals surface area contributed by atoms with E-state index >= 15 is 0 Å². The summed E-state index contributed by atoms with van der Waals surface area (Å²) in [5, 5.41) is 19.9. The van der Waals surface area contributed by atoms with Gasteiger partial charge in [0, 0.05) is 23.1 Å². The number of alkyl halides is 5. The maximum absolute atomic E-state index is 13.7. The minimum absolute atomic E-state index is 0.00396. The summed E-state index contributed by atoms with van der Waals surface area (Å²) in [6.07, 6.45) is -5.90. The van der Waals surface area contributed by atoms with Gasteiger partial charge in [0.15, 0.2) is 0 Å². The van der Waals surface area contributed by atoms with Crippen LogP contribution in [0.5, 0.6) is 5.75 Å². The molecule has 0 saturated carbocycles. The van der Waals surface area contributed by atoms with Gasteiger partial charge in [0.2, 0.25) is 5.91 Å². The van der Waals surface area contributed by atoms with Gasteiger partial charge in [-0.05, 0) is 29.3 Å². The number of aliphatic hydroxyl groups is 2. The number of amides is 1. The second kappa shape index (κ2) is 9.16. The van der Waals surface area contributed by atoms with E-state index in [-0.39, 0.29) is 39.7 Å². The van der Waals surface area contributed by atoms with E-state index in [1.807, 2.05) is 0 Å². The highest BCUT2D eigenvalue weighted by Gasteiger charge is 2.31. The first-order valence-corrected chi connectivity index (χ1v) is 9.36. The lowest BCUT2D eigenvalue weighted by atomic mass is 9.90. The molecule has 3 rings (SSSR count). The maximum Gasteiger partial charge on any atom is 0.573 e. The lowest BCUT2D eigenvalue weighted by molar-refractivity contribution is -0.274. The van der Waals surface area contributed by atoms with E-state index in [1.165, 1.54) is 18.2 Å². The Morgan fingerprint density at radius 2 is 1.88 bits per heavy atom. The molecular weight excluding hydrogens is 453 g/mol. The van der Waals surface area contributed by atoms with Gasteiger partial charge in [0.25, 0.3) is 0 Å².